The van der Waals surface area contributed by atoms with E-state index in [0.29, 0.717) is 18.9 Å². The van der Waals surface area contributed by atoms with Crippen LogP contribution < -0.4 is 15.0 Å². The highest BCUT2D eigenvalue weighted by Gasteiger charge is 2.31. The Bertz CT molecular complexity index is 1080. The first-order valence-electron chi connectivity index (χ1n) is 11.1. The van der Waals surface area contributed by atoms with Crippen molar-refractivity contribution in [2.24, 2.45) is 5.92 Å². The number of anilines is 1. The number of aryl methyl sites for hydroxylation is 1. The summed E-state index contributed by atoms with van der Waals surface area (Å²) >= 11 is 0. The van der Waals surface area contributed by atoms with E-state index in [2.05, 4.69) is 25.3 Å². The van der Waals surface area contributed by atoms with E-state index >= 15 is 0 Å². The molecule has 1 aliphatic heterocycles. The zero-order valence-corrected chi connectivity index (χ0v) is 17.9. The number of fused-ring (bicyclic) bond motifs is 2. The molecule has 8 heteroatoms. The fraction of sp³-hybridized carbons (Fsp3) is 0.478. The molecule has 0 spiro atoms. The van der Waals surface area contributed by atoms with Crippen molar-refractivity contribution in [3.8, 4) is 5.75 Å². The molecule has 1 N–H and O–H groups in total. The summed E-state index contributed by atoms with van der Waals surface area (Å²) in [6.07, 6.45) is 7.41. The van der Waals surface area contributed by atoms with Gasteiger partial charge in [0.1, 0.15) is 17.9 Å². The van der Waals surface area contributed by atoms with Crippen LogP contribution in [0.25, 0.3) is 5.78 Å². The lowest BCUT2D eigenvalue weighted by molar-refractivity contribution is -0.125. The first-order valence-corrected chi connectivity index (χ1v) is 11.1. The number of methoxy groups -OCH3 is 1. The van der Waals surface area contributed by atoms with Gasteiger partial charge in [0.25, 0.3) is 5.78 Å². The molecule has 1 amide bonds. The molecule has 1 atom stereocenters. The first-order chi connectivity index (χ1) is 15.2. The monoisotopic (exact) mass is 420 g/mol. The average molecular weight is 421 g/mol. The van der Waals surface area contributed by atoms with Crippen LogP contribution in [-0.2, 0) is 24.1 Å². The molecule has 8 nitrogen and oxygen atoms in total. The number of hydrogen-bond acceptors (Lipinski definition) is 6. The maximum atomic E-state index is 12.9. The zero-order chi connectivity index (χ0) is 21.2. The Labute approximate surface area is 181 Å². The molecule has 2 aliphatic rings. The Balaban J connectivity index is 1.25. The van der Waals surface area contributed by atoms with Gasteiger partial charge in [-0.25, -0.2) is 4.98 Å². The summed E-state index contributed by atoms with van der Waals surface area (Å²) in [7, 11) is 1.66. The number of aromatic nitrogens is 4. The van der Waals surface area contributed by atoms with Gasteiger partial charge in [-0.1, -0.05) is 12.1 Å². The molecule has 1 saturated heterocycles. The van der Waals surface area contributed by atoms with E-state index < -0.39 is 0 Å². The lowest BCUT2D eigenvalue weighted by Crippen LogP contribution is -2.44. The Kier molecular flexibility index (Phi) is 5.44. The van der Waals surface area contributed by atoms with Gasteiger partial charge < -0.3 is 15.0 Å². The number of benzene rings is 1. The highest BCUT2D eigenvalue weighted by atomic mass is 16.5. The summed E-state index contributed by atoms with van der Waals surface area (Å²) in [5.74, 6) is 2.71. The minimum Gasteiger partial charge on any atom is -0.497 e. The Morgan fingerprint density at radius 2 is 2.10 bits per heavy atom. The summed E-state index contributed by atoms with van der Waals surface area (Å²) < 4.78 is 7.05. The number of carbonyl (C=O) groups excluding carboxylic acids is 1. The summed E-state index contributed by atoms with van der Waals surface area (Å²) in [5.41, 5.74) is 3.60. The molecule has 1 unspecified atom stereocenters. The van der Waals surface area contributed by atoms with Crippen LogP contribution in [-0.4, -0.2) is 52.2 Å². The van der Waals surface area contributed by atoms with Crippen molar-refractivity contribution in [2.75, 3.05) is 31.6 Å². The van der Waals surface area contributed by atoms with Gasteiger partial charge in [-0.05, 0) is 56.2 Å². The first kappa shape index (κ1) is 19.8. The Hall–Kier alpha value is -3.16. The lowest BCUT2D eigenvalue weighted by atomic mass is 9.96. The Morgan fingerprint density at radius 1 is 1.23 bits per heavy atom. The molecule has 5 rings (SSSR count). The van der Waals surface area contributed by atoms with Gasteiger partial charge in [-0.3, -0.25) is 4.79 Å². The van der Waals surface area contributed by atoms with Crippen molar-refractivity contribution < 1.29 is 9.53 Å². The van der Waals surface area contributed by atoms with Crippen molar-refractivity contribution in [1.29, 1.82) is 0 Å². The van der Waals surface area contributed by atoms with Gasteiger partial charge in [0.2, 0.25) is 5.91 Å². The number of nitrogens with one attached hydrogen (secondary N) is 1. The number of nitrogens with zero attached hydrogens (tertiary/aromatic N) is 5. The van der Waals surface area contributed by atoms with E-state index in [1.165, 1.54) is 11.1 Å². The van der Waals surface area contributed by atoms with Gasteiger partial charge >= 0.3 is 0 Å². The third-order valence-corrected chi connectivity index (χ3v) is 6.39. The predicted octanol–water partition coefficient (Wildman–Crippen LogP) is 2.20. The van der Waals surface area contributed by atoms with Crippen molar-refractivity contribution >= 4 is 17.5 Å². The van der Waals surface area contributed by atoms with Crippen LogP contribution in [0.15, 0.2) is 30.6 Å². The molecule has 3 heterocycles. The molecule has 0 bridgehead atoms. The third kappa shape index (κ3) is 3.94. The lowest BCUT2D eigenvalue weighted by Gasteiger charge is -2.34. The number of amides is 1. The molecule has 1 aliphatic carbocycles. The number of rotatable bonds is 6. The fourth-order valence-electron chi connectivity index (χ4n) is 4.78. The number of piperidine rings is 1. The quantitative estimate of drug-likeness (QED) is 0.658. The number of carbonyl (C=O) groups is 1. The zero-order valence-electron chi connectivity index (χ0n) is 17.9. The van der Waals surface area contributed by atoms with Gasteiger partial charge in [0.05, 0.1) is 18.7 Å². The standard InChI is InChI=1S/C23H28N6O2/c1-31-18-9-7-16(8-10-18)11-12-24-21(30)17-4-3-13-28(14-17)22-19-5-2-6-20(19)27-23-25-15-26-29(22)23/h7-10,15,17H,2-6,11-14H2,1H3,(H,24,30). The van der Waals surface area contributed by atoms with Gasteiger partial charge in [0.15, 0.2) is 0 Å². The largest absolute Gasteiger partial charge is 0.497 e. The molecule has 1 fully saturated rings. The molecule has 1 aromatic carbocycles. The maximum Gasteiger partial charge on any atom is 0.254 e. The molecule has 0 radical (unpaired) electrons. The van der Waals surface area contributed by atoms with Crippen LogP contribution >= 0.6 is 0 Å². The molecular weight excluding hydrogens is 392 g/mol. The topological polar surface area (TPSA) is 84.6 Å². The molecule has 2 aromatic heterocycles. The summed E-state index contributed by atoms with van der Waals surface area (Å²) in [6, 6.07) is 7.99. The van der Waals surface area contributed by atoms with Crippen LogP contribution in [0.5, 0.6) is 5.75 Å². The van der Waals surface area contributed by atoms with E-state index in [1.807, 2.05) is 28.8 Å². The van der Waals surface area contributed by atoms with Crippen molar-refractivity contribution in [1.82, 2.24) is 24.9 Å². The number of ether oxygens (including phenoxy) is 1. The molecule has 31 heavy (non-hydrogen) atoms. The smallest absolute Gasteiger partial charge is 0.254 e. The Morgan fingerprint density at radius 3 is 2.94 bits per heavy atom. The highest BCUT2D eigenvalue weighted by molar-refractivity contribution is 5.79. The van der Waals surface area contributed by atoms with E-state index in [1.54, 1.807) is 13.4 Å². The second-order valence-electron chi connectivity index (χ2n) is 8.36. The van der Waals surface area contributed by atoms with Crippen LogP contribution in [0.3, 0.4) is 0 Å². The molecule has 162 valence electrons. The second kappa shape index (κ2) is 8.53. The van der Waals surface area contributed by atoms with Crippen molar-refractivity contribution in [3.63, 3.8) is 0 Å². The van der Waals surface area contributed by atoms with E-state index in [9.17, 15) is 4.79 Å². The third-order valence-electron chi connectivity index (χ3n) is 6.39. The predicted molar refractivity (Wildman–Crippen MR) is 117 cm³/mol. The van der Waals surface area contributed by atoms with Gasteiger partial charge in [-0.15, -0.1) is 0 Å². The highest BCUT2D eigenvalue weighted by Crippen LogP contribution is 2.33. The fourth-order valence-corrected chi connectivity index (χ4v) is 4.78. The molecular formula is C23H28N6O2. The average Bonchev–Trinajstić information content (AvgIpc) is 3.47. The van der Waals surface area contributed by atoms with Crippen LogP contribution in [0.1, 0.15) is 36.1 Å². The van der Waals surface area contributed by atoms with Crippen molar-refractivity contribution in [2.45, 2.75) is 38.5 Å². The molecule has 0 saturated carbocycles. The summed E-state index contributed by atoms with van der Waals surface area (Å²) in [6.45, 7) is 2.28. The minimum absolute atomic E-state index is 0.0200. The van der Waals surface area contributed by atoms with Gasteiger partial charge in [0, 0.05) is 25.2 Å². The number of hydrogen-bond donors (Lipinski definition) is 1. The van der Waals surface area contributed by atoms with E-state index in [4.69, 9.17) is 4.74 Å². The summed E-state index contributed by atoms with van der Waals surface area (Å²) in [5, 5.41) is 7.57. The van der Waals surface area contributed by atoms with Gasteiger partial charge in [-0.2, -0.15) is 14.6 Å². The summed E-state index contributed by atoms with van der Waals surface area (Å²) in [4.78, 5) is 24.2. The SMILES string of the molecule is COc1ccc(CCNC(=O)C2CCCN(c3c4c(nc5ncnn35)CCC4)C2)cc1. The normalized spacial score (nSPS) is 18.2. The maximum absolute atomic E-state index is 12.9. The van der Waals surface area contributed by atoms with Crippen LogP contribution in [0.2, 0.25) is 0 Å². The van der Waals surface area contributed by atoms with E-state index in [-0.39, 0.29) is 11.8 Å². The van der Waals surface area contributed by atoms with Crippen LogP contribution in [0, 0.1) is 5.92 Å². The minimum atomic E-state index is -0.0200. The van der Waals surface area contributed by atoms with Crippen molar-refractivity contribution in [3.05, 3.63) is 47.4 Å². The van der Waals surface area contributed by atoms with E-state index in [0.717, 1.165) is 62.3 Å². The van der Waals surface area contributed by atoms with Crippen LogP contribution in [0.4, 0.5) is 5.82 Å². The second-order valence-corrected chi connectivity index (χ2v) is 8.36. The molecule has 3 aromatic rings.